The Kier molecular flexibility index (Phi) is 5.04. The molecule has 23 heavy (non-hydrogen) atoms. The maximum Gasteiger partial charge on any atom is 0.240 e. The molecule has 1 N–H and O–H groups in total. The standard InChI is InChI=1S/C17H18BrNO3S/c18-15-5-8-17(9-6-15)23(20,21)19-10-11-22-16-7-4-13-2-1-3-14(13)12-16/h4-9,12,19H,1-3,10-11H2. The topological polar surface area (TPSA) is 55.4 Å². The SMILES string of the molecule is O=S(=O)(NCCOc1ccc2c(c1)CCC2)c1ccc(Br)cc1. The van der Waals surface area contributed by atoms with Crippen molar-refractivity contribution in [3.8, 4) is 5.75 Å². The second-order valence-electron chi connectivity index (χ2n) is 5.48. The summed E-state index contributed by atoms with van der Waals surface area (Å²) in [7, 11) is -3.49. The molecule has 2 aromatic rings. The van der Waals surface area contributed by atoms with Gasteiger partial charge in [-0.25, -0.2) is 13.1 Å². The van der Waals surface area contributed by atoms with Gasteiger partial charge in [0.05, 0.1) is 4.90 Å². The highest BCUT2D eigenvalue weighted by Crippen LogP contribution is 2.25. The number of hydrogen-bond donors (Lipinski definition) is 1. The van der Waals surface area contributed by atoms with Crippen molar-refractivity contribution < 1.29 is 13.2 Å². The van der Waals surface area contributed by atoms with Gasteiger partial charge < -0.3 is 4.74 Å². The lowest BCUT2D eigenvalue weighted by Gasteiger charge is -2.10. The molecular weight excluding hydrogens is 378 g/mol. The van der Waals surface area contributed by atoms with Crippen LogP contribution in [0.3, 0.4) is 0 Å². The third-order valence-corrected chi connectivity index (χ3v) is 5.86. The lowest BCUT2D eigenvalue weighted by atomic mass is 10.1. The Balaban J connectivity index is 1.52. The number of hydrogen-bond acceptors (Lipinski definition) is 3. The molecule has 0 bridgehead atoms. The Morgan fingerprint density at radius 3 is 2.57 bits per heavy atom. The molecule has 0 amide bonds. The van der Waals surface area contributed by atoms with Crippen molar-refractivity contribution in [2.45, 2.75) is 24.2 Å². The molecule has 0 spiro atoms. The summed E-state index contributed by atoms with van der Waals surface area (Å²) < 4.78 is 33.3. The van der Waals surface area contributed by atoms with Crippen molar-refractivity contribution in [3.05, 3.63) is 58.1 Å². The van der Waals surface area contributed by atoms with Gasteiger partial charge in [0.15, 0.2) is 0 Å². The van der Waals surface area contributed by atoms with Crippen molar-refractivity contribution in [1.82, 2.24) is 4.72 Å². The molecule has 2 aromatic carbocycles. The first-order valence-electron chi connectivity index (χ1n) is 7.54. The summed E-state index contributed by atoms with van der Waals surface area (Å²) in [6.45, 7) is 0.532. The number of ether oxygens (including phenoxy) is 1. The lowest BCUT2D eigenvalue weighted by Crippen LogP contribution is -2.28. The highest BCUT2D eigenvalue weighted by atomic mass is 79.9. The van der Waals surface area contributed by atoms with Crippen LogP contribution in [0.5, 0.6) is 5.75 Å². The molecular formula is C17H18BrNO3S. The summed E-state index contributed by atoms with van der Waals surface area (Å²) in [5.74, 6) is 0.800. The second kappa shape index (κ2) is 7.03. The molecule has 122 valence electrons. The summed E-state index contributed by atoms with van der Waals surface area (Å²) in [6, 6.07) is 12.6. The van der Waals surface area contributed by atoms with Crippen molar-refractivity contribution in [1.29, 1.82) is 0 Å². The maximum absolute atomic E-state index is 12.1. The third-order valence-electron chi connectivity index (χ3n) is 3.86. The van der Waals surface area contributed by atoms with E-state index >= 15 is 0 Å². The van der Waals surface area contributed by atoms with Gasteiger partial charge in [-0.05, 0) is 66.8 Å². The van der Waals surface area contributed by atoms with Gasteiger partial charge in [-0.2, -0.15) is 0 Å². The first-order chi connectivity index (χ1) is 11.0. The quantitative estimate of drug-likeness (QED) is 0.763. The van der Waals surface area contributed by atoms with Gasteiger partial charge in [-0.1, -0.05) is 22.0 Å². The fourth-order valence-electron chi connectivity index (χ4n) is 2.68. The zero-order valence-corrected chi connectivity index (χ0v) is 15.0. The molecule has 0 heterocycles. The van der Waals surface area contributed by atoms with Gasteiger partial charge in [0.25, 0.3) is 0 Å². The van der Waals surface area contributed by atoms with Gasteiger partial charge in [-0.3, -0.25) is 0 Å². The van der Waals surface area contributed by atoms with E-state index in [1.165, 1.54) is 17.5 Å². The number of nitrogens with one attached hydrogen (secondary N) is 1. The number of benzene rings is 2. The van der Waals surface area contributed by atoms with Crippen LogP contribution in [0.15, 0.2) is 51.8 Å². The van der Waals surface area contributed by atoms with Crippen LogP contribution in [0.4, 0.5) is 0 Å². The number of fused-ring (bicyclic) bond motifs is 1. The molecule has 0 saturated carbocycles. The molecule has 0 atom stereocenters. The zero-order valence-electron chi connectivity index (χ0n) is 12.6. The second-order valence-corrected chi connectivity index (χ2v) is 8.17. The summed E-state index contributed by atoms with van der Waals surface area (Å²) in [4.78, 5) is 0.248. The van der Waals surface area contributed by atoms with Gasteiger partial charge >= 0.3 is 0 Å². The average molecular weight is 396 g/mol. The van der Waals surface area contributed by atoms with E-state index in [4.69, 9.17) is 4.74 Å². The van der Waals surface area contributed by atoms with Gasteiger partial charge in [0.2, 0.25) is 10.0 Å². The van der Waals surface area contributed by atoms with E-state index in [0.29, 0.717) is 6.61 Å². The minimum absolute atomic E-state index is 0.232. The van der Waals surface area contributed by atoms with E-state index in [-0.39, 0.29) is 11.4 Å². The normalized spacial score (nSPS) is 13.8. The Morgan fingerprint density at radius 2 is 1.78 bits per heavy atom. The molecule has 0 saturated heterocycles. The highest BCUT2D eigenvalue weighted by Gasteiger charge is 2.14. The molecule has 4 nitrogen and oxygen atoms in total. The molecule has 0 unspecified atom stereocenters. The number of halogens is 1. The van der Waals surface area contributed by atoms with Crippen molar-refractivity contribution in [3.63, 3.8) is 0 Å². The van der Waals surface area contributed by atoms with Crippen LogP contribution in [-0.4, -0.2) is 21.6 Å². The van der Waals surface area contributed by atoms with Gasteiger partial charge in [0.1, 0.15) is 12.4 Å². The molecule has 3 rings (SSSR count). The summed E-state index contributed by atoms with van der Waals surface area (Å²) in [5.41, 5.74) is 2.74. The minimum Gasteiger partial charge on any atom is -0.492 e. The van der Waals surface area contributed by atoms with E-state index < -0.39 is 10.0 Å². The largest absolute Gasteiger partial charge is 0.492 e. The first kappa shape index (κ1) is 16.5. The Morgan fingerprint density at radius 1 is 1.04 bits per heavy atom. The Labute approximate surface area is 145 Å². The van der Waals surface area contributed by atoms with Crippen LogP contribution < -0.4 is 9.46 Å². The van der Waals surface area contributed by atoms with E-state index in [1.807, 2.05) is 6.07 Å². The average Bonchev–Trinajstić information content (AvgIpc) is 3.00. The highest BCUT2D eigenvalue weighted by molar-refractivity contribution is 9.10. The molecule has 0 radical (unpaired) electrons. The van der Waals surface area contributed by atoms with Gasteiger partial charge in [0, 0.05) is 11.0 Å². The van der Waals surface area contributed by atoms with Crippen molar-refractivity contribution >= 4 is 26.0 Å². The Bertz CT molecular complexity index is 788. The third kappa shape index (κ3) is 4.13. The zero-order chi connectivity index (χ0) is 16.3. The van der Waals surface area contributed by atoms with Crippen molar-refractivity contribution in [2.24, 2.45) is 0 Å². The molecule has 1 aliphatic carbocycles. The predicted octanol–water partition coefficient (Wildman–Crippen LogP) is 3.30. The number of rotatable bonds is 6. The van der Waals surface area contributed by atoms with Crippen LogP contribution in [0.2, 0.25) is 0 Å². The Hall–Kier alpha value is -1.37. The molecule has 1 aliphatic rings. The van der Waals surface area contributed by atoms with Crippen LogP contribution in [0.25, 0.3) is 0 Å². The summed E-state index contributed by atoms with van der Waals surface area (Å²) in [5, 5.41) is 0. The van der Waals surface area contributed by atoms with Crippen molar-refractivity contribution in [2.75, 3.05) is 13.2 Å². The maximum atomic E-state index is 12.1. The molecule has 0 aromatic heterocycles. The molecule has 0 aliphatic heterocycles. The first-order valence-corrected chi connectivity index (χ1v) is 9.82. The van der Waals surface area contributed by atoms with E-state index in [1.54, 1.807) is 24.3 Å². The molecule has 0 fully saturated rings. The van der Waals surface area contributed by atoms with E-state index in [9.17, 15) is 8.42 Å². The lowest BCUT2D eigenvalue weighted by molar-refractivity contribution is 0.322. The van der Waals surface area contributed by atoms with Crippen LogP contribution >= 0.6 is 15.9 Å². The fourth-order valence-corrected chi connectivity index (χ4v) is 3.96. The monoisotopic (exact) mass is 395 g/mol. The summed E-state index contributed by atoms with van der Waals surface area (Å²) in [6.07, 6.45) is 3.44. The van der Waals surface area contributed by atoms with Crippen LogP contribution in [0, 0.1) is 0 Å². The fraction of sp³-hybridized carbons (Fsp3) is 0.294. The summed E-state index contributed by atoms with van der Waals surface area (Å²) >= 11 is 3.29. The number of sulfonamides is 1. The predicted molar refractivity (Wildman–Crippen MR) is 93.3 cm³/mol. The number of aryl methyl sites for hydroxylation is 2. The van der Waals surface area contributed by atoms with Crippen LogP contribution in [0.1, 0.15) is 17.5 Å². The van der Waals surface area contributed by atoms with Crippen LogP contribution in [-0.2, 0) is 22.9 Å². The smallest absolute Gasteiger partial charge is 0.240 e. The van der Waals surface area contributed by atoms with E-state index in [2.05, 4.69) is 32.8 Å². The minimum atomic E-state index is -3.49. The van der Waals surface area contributed by atoms with Gasteiger partial charge in [-0.15, -0.1) is 0 Å². The van der Waals surface area contributed by atoms with E-state index in [0.717, 1.165) is 23.1 Å². The molecule has 6 heteroatoms.